The highest BCUT2D eigenvalue weighted by atomic mass is 32.2. The minimum absolute atomic E-state index is 0.296. The van der Waals surface area contributed by atoms with Crippen molar-refractivity contribution < 1.29 is 8.42 Å². The number of hydrogen-bond donors (Lipinski definition) is 0. The topological polar surface area (TPSA) is 37.4 Å². The molecule has 0 aliphatic rings. The van der Waals surface area contributed by atoms with Gasteiger partial charge in [-0.25, -0.2) is 12.7 Å². The number of nitrogens with zero attached hydrogens (tertiary/aromatic N) is 1. The van der Waals surface area contributed by atoms with E-state index >= 15 is 0 Å². The fourth-order valence-electron chi connectivity index (χ4n) is 1.30. The fraction of sp³-hybridized carbons (Fsp3) is 1.00. The Labute approximate surface area is 88.5 Å². The molecule has 14 heavy (non-hydrogen) atoms. The molecule has 0 unspecified atom stereocenters. The second-order valence-corrected chi connectivity index (χ2v) is 6.10. The molecule has 0 atom stereocenters. The van der Waals surface area contributed by atoms with E-state index in [9.17, 15) is 8.42 Å². The van der Waals surface area contributed by atoms with E-state index in [4.69, 9.17) is 0 Å². The lowest BCUT2D eigenvalue weighted by atomic mass is 10.2. The first kappa shape index (κ1) is 13.9. The summed E-state index contributed by atoms with van der Waals surface area (Å²) in [6.07, 6.45) is 1.69. The third-order valence-electron chi connectivity index (χ3n) is 2.07. The Morgan fingerprint density at radius 2 is 1.79 bits per heavy atom. The Morgan fingerprint density at radius 1 is 1.21 bits per heavy atom. The molecule has 0 saturated carbocycles. The molecular weight excluding hydrogens is 198 g/mol. The van der Waals surface area contributed by atoms with Gasteiger partial charge in [0.15, 0.2) is 0 Å². The molecular formula is C10H23NO2S. The molecule has 0 heterocycles. The number of sulfonamides is 1. The van der Waals surface area contributed by atoms with Crippen molar-refractivity contribution in [2.75, 3.05) is 18.8 Å². The van der Waals surface area contributed by atoms with E-state index in [-0.39, 0.29) is 0 Å². The van der Waals surface area contributed by atoms with Gasteiger partial charge in [0.1, 0.15) is 0 Å². The minimum Gasteiger partial charge on any atom is -0.212 e. The minimum atomic E-state index is -3.00. The highest BCUT2D eigenvalue weighted by Crippen LogP contribution is 2.07. The molecule has 0 aromatic rings. The molecule has 0 radical (unpaired) electrons. The average Bonchev–Trinajstić information content (AvgIpc) is 2.10. The van der Waals surface area contributed by atoms with Gasteiger partial charge in [-0.1, -0.05) is 34.1 Å². The van der Waals surface area contributed by atoms with Crippen LogP contribution in [0.25, 0.3) is 0 Å². The molecule has 0 rings (SSSR count). The maximum Gasteiger partial charge on any atom is 0.214 e. The SMILES string of the molecule is CCCCS(=O)(=O)N(CC)CC(C)C. The van der Waals surface area contributed by atoms with Gasteiger partial charge in [0.05, 0.1) is 5.75 Å². The molecule has 0 N–H and O–H groups in total. The van der Waals surface area contributed by atoms with Crippen LogP contribution in [0.15, 0.2) is 0 Å². The molecule has 0 amide bonds. The smallest absolute Gasteiger partial charge is 0.212 e. The van der Waals surface area contributed by atoms with Crippen molar-refractivity contribution in [3.05, 3.63) is 0 Å². The van der Waals surface area contributed by atoms with E-state index in [2.05, 4.69) is 0 Å². The van der Waals surface area contributed by atoms with Gasteiger partial charge in [0, 0.05) is 13.1 Å². The van der Waals surface area contributed by atoms with Crippen molar-refractivity contribution in [2.24, 2.45) is 5.92 Å². The van der Waals surface area contributed by atoms with Crippen LogP contribution in [0.5, 0.6) is 0 Å². The van der Waals surface area contributed by atoms with Crippen LogP contribution in [-0.4, -0.2) is 31.6 Å². The lowest BCUT2D eigenvalue weighted by Crippen LogP contribution is -2.35. The first-order valence-electron chi connectivity index (χ1n) is 5.41. The second-order valence-electron chi connectivity index (χ2n) is 4.01. The molecule has 0 aromatic heterocycles. The van der Waals surface area contributed by atoms with Crippen molar-refractivity contribution in [3.8, 4) is 0 Å². The van der Waals surface area contributed by atoms with E-state index in [0.29, 0.717) is 24.8 Å². The predicted molar refractivity (Wildman–Crippen MR) is 60.8 cm³/mol. The maximum absolute atomic E-state index is 11.8. The summed E-state index contributed by atoms with van der Waals surface area (Å²) in [6.45, 7) is 9.21. The quantitative estimate of drug-likeness (QED) is 0.660. The van der Waals surface area contributed by atoms with Crippen molar-refractivity contribution in [2.45, 2.75) is 40.5 Å². The zero-order valence-corrected chi connectivity index (χ0v) is 10.6. The van der Waals surface area contributed by atoms with Gasteiger partial charge in [0.2, 0.25) is 10.0 Å². The lowest BCUT2D eigenvalue weighted by molar-refractivity contribution is 0.380. The van der Waals surface area contributed by atoms with Crippen molar-refractivity contribution in [1.29, 1.82) is 0 Å². The summed E-state index contributed by atoms with van der Waals surface area (Å²) < 4.78 is 25.2. The zero-order valence-electron chi connectivity index (χ0n) is 9.78. The van der Waals surface area contributed by atoms with Crippen LogP contribution in [0, 0.1) is 5.92 Å². The third-order valence-corrected chi connectivity index (χ3v) is 4.07. The number of rotatable bonds is 7. The van der Waals surface area contributed by atoms with Gasteiger partial charge in [0.25, 0.3) is 0 Å². The summed E-state index contributed by atoms with van der Waals surface area (Å²) >= 11 is 0. The molecule has 0 saturated heterocycles. The Hall–Kier alpha value is -0.0900. The van der Waals surface area contributed by atoms with Crippen LogP contribution in [-0.2, 0) is 10.0 Å². The zero-order chi connectivity index (χ0) is 11.2. The number of unbranched alkanes of at least 4 members (excludes halogenated alkanes) is 1. The molecule has 0 spiro atoms. The Kier molecular flexibility index (Phi) is 6.36. The fourth-order valence-corrected chi connectivity index (χ4v) is 3.13. The standard InChI is InChI=1S/C10H23NO2S/c1-5-7-8-14(12,13)11(6-2)9-10(3)4/h10H,5-9H2,1-4H3. The van der Waals surface area contributed by atoms with Gasteiger partial charge in [-0.15, -0.1) is 0 Å². The normalized spacial score (nSPS) is 12.7. The largest absolute Gasteiger partial charge is 0.214 e. The Morgan fingerprint density at radius 3 is 2.14 bits per heavy atom. The first-order valence-corrected chi connectivity index (χ1v) is 7.02. The Balaban J connectivity index is 4.34. The Bertz CT molecular complexity index is 235. The van der Waals surface area contributed by atoms with Crippen molar-refractivity contribution >= 4 is 10.0 Å². The summed E-state index contributed by atoms with van der Waals surface area (Å²) in [5.74, 6) is 0.690. The van der Waals surface area contributed by atoms with Crippen LogP contribution in [0.4, 0.5) is 0 Å². The molecule has 3 nitrogen and oxygen atoms in total. The van der Waals surface area contributed by atoms with Crippen LogP contribution < -0.4 is 0 Å². The molecule has 0 aromatic carbocycles. The second kappa shape index (κ2) is 6.40. The van der Waals surface area contributed by atoms with E-state index in [1.807, 2.05) is 27.7 Å². The lowest BCUT2D eigenvalue weighted by Gasteiger charge is -2.22. The van der Waals surface area contributed by atoms with E-state index in [1.165, 1.54) is 0 Å². The van der Waals surface area contributed by atoms with Crippen molar-refractivity contribution in [3.63, 3.8) is 0 Å². The molecule has 4 heteroatoms. The molecule has 86 valence electrons. The van der Waals surface area contributed by atoms with Gasteiger partial charge in [-0.05, 0) is 12.3 Å². The monoisotopic (exact) mass is 221 g/mol. The highest BCUT2D eigenvalue weighted by molar-refractivity contribution is 7.89. The van der Waals surface area contributed by atoms with Crippen molar-refractivity contribution in [1.82, 2.24) is 4.31 Å². The van der Waals surface area contributed by atoms with Crippen LogP contribution in [0.1, 0.15) is 40.5 Å². The van der Waals surface area contributed by atoms with E-state index < -0.39 is 10.0 Å². The van der Waals surface area contributed by atoms with Crippen LogP contribution in [0.2, 0.25) is 0 Å². The van der Waals surface area contributed by atoms with E-state index in [0.717, 1.165) is 12.8 Å². The third kappa shape index (κ3) is 4.96. The van der Waals surface area contributed by atoms with Gasteiger partial charge >= 0.3 is 0 Å². The van der Waals surface area contributed by atoms with Gasteiger partial charge < -0.3 is 0 Å². The molecule has 0 aliphatic heterocycles. The van der Waals surface area contributed by atoms with E-state index in [1.54, 1.807) is 4.31 Å². The summed E-state index contributed by atoms with van der Waals surface area (Å²) in [6, 6.07) is 0. The molecule has 0 bridgehead atoms. The maximum atomic E-state index is 11.8. The summed E-state index contributed by atoms with van der Waals surface area (Å²) in [5.41, 5.74) is 0. The highest BCUT2D eigenvalue weighted by Gasteiger charge is 2.20. The van der Waals surface area contributed by atoms with Gasteiger partial charge in [-0.2, -0.15) is 0 Å². The molecule has 0 aliphatic carbocycles. The summed E-state index contributed by atoms with van der Waals surface area (Å²) in [7, 11) is -3.00. The average molecular weight is 221 g/mol. The summed E-state index contributed by atoms with van der Waals surface area (Å²) in [5, 5.41) is 0. The van der Waals surface area contributed by atoms with Crippen LogP contribution in [0.3, 0.4) is 0 Å². The van der Waals surface area contributed by atoms with Gasteiger partial charge in [-0.3, -0.25) is 0 Å². The van der Waals surface area contributed by atoms with Crippen LogP contribution >= 0.6 is 0 Å². The predicted octanol–water partition coefficient (Wildman–Crippen LogP) is 2.09. The molecule has 0 fully saturated rings. The number of hydrogen-bond acceptors (Lipinski definition) is 2. The summed E-state index contributed by atoms with van der Waals surface area (Å²) in [4.78, 5) is 0. The first-order chi connectivity index (χ1) is 6.44.